The Morgan fingerprint density at radius 3 is 1.98 bits per heavy atom. The largest absolute Gasteiger partial charge is 0.456 e. The van der Waals surface area contributed by atoms with E-state index in [0.29, 0.717) is 39.8 Å². The summed E-state index contributed by atoms with van der Waals surface area (Å²) in [7, 11) is 0. The van der Waals surface area contributed by atoms with Crippen LogP contribution in [0.4, 0.5) is 0 Å². The van der Waals surface area contributed by atoms with E-state index in [0.717, 1.165) is 62.6 Å². The third-order valence-corrected chi connectivity index (χ3v) is 9.17. The minimum Gasteiger partial charge on any atom is -0.456 e. The van der Waals surface area contributed by atoms with E-state index in [1.165, 1.54) is 0 Å². The lowest BCUT2D eigenvalue weighted by molar-refractivity contribution is 0.0972. The van der Waals surface area contributed by atoms with Gasteiger partial charge in [0, 0.05) is 61.8 Å². The molecule has 0 radical (unpaired) electrons. The summed E-state index contributed by atoms with van der Waals surface area (Å²) in [6, 6.07) is 32.5. The molecule has 0 aliphatic heterocycles. The Balaban J connectivity index is 1.18. The molecule has 7 aromatic rings. The lowest BCUT2D eigenvalue weighted by Gasteiger charge is -2.16. The molecule has 8 rings (SSSR count). The van der Waals surface area contributed by atoms with Crippen molar-refractivity contribution < 1.29 is 18.8 Å². The van der Waals surface area contributed by atoms with Crippen LogP contribution in [-0.4, -0.2) is 21.9 Å². The van der Waals surface area contributed by atoms with Crippen molar-refractivity contribution >= 4 is 50.2 Å². The number of para-hydroxylation sites is 1. The number of aryl methyl sites for hydroxylation is 2. The van der Waals surface area contributed by atoms with Crippen LogP contribution >= 0.6 is 0 Å². The van der Waals surface area contributed by atoms with Crippen LogP contribution < -0.4 is 0 Å². The van der Waals surface area contributed by atoms with Gasteiger partial charge >= 0.3 is 0 Å². The van der Waals surface area contributed by atoms with Gasteiger partial charge in [-0.05, 0) is 98.5 Å². The second-order valence-electron chi connectivity index (χ2n) is 11.9. The van der Waals surface area contributed by atoms with Crippen LogP contribution in [0.2, 0.25) is 0 Å². The van der Waals surface area contributed by atoms with Gasteiger partial charge in [-0.3, -0.25) is 14.4 Å². The van der Waals surface area contributed by atoms with Crippen molar-refractivity contribution in [2.24, 2.45) is 0 Å². The van der Waals surface area contributed by atoms with Gasteiger partial charge < -0.3 is 8.98 Å². The number of hydrogen-bond acceptors (Lipinski definition) is 4. The first-order chi connectivity index (χ1) is 21.9. The zero-order chi connectivity index (χ0) is 30.8. The van der Waals surface area contributed by atoms with Gasteiger partial charge in [0.25, 0.3) is 0 Å². The molecule has 5 aromatic carbocycles. The minimum absolute atomic E-state index is 0.0478. The number of furan rings is 1. The summed E-state index contributed by atoms with van der Waals surface area (Å²) in [6.45, 7) is 3.89. The molecule has 0 N–H and O–H groups in total. The molecule has 0 saturated heterocycles. The highest BCUT2D eigenvalue weighted by atomic mass is 16.3. The number of carbonyl (C=O) groups excluding carboxylic acids is 3. The maximum atomic E-state index is 13.9. The molecule has 0 atom stereocenters. The second kappa shape index (κ2) is 10.3. The molecule has 0 saturated carbocycles. The first-order valence-electron chi connectivity index (χ1n) is 15.3. The fourth-order valence-electron chi connectivity index (χ4n) is 6.92. The normalized spacial score (nSPS) is 13.1. The molecule has 0 amide bonds. The van der Waals surface area contributed by atoms with Crippen LogP contribution in [0.25, 0.3) is 38.5 Å². The van der Waals surface area contributed by atoms with E-state index >= 15 is 0 Å². The highest BCUT2D eigenvalue weighted by Crippen LogP contribution is 2.36. The van der Waals surface area contributed by atoms with Crippen LogP contribution in [0.1, 0.15) is 71.9 Å². The Morgan fingerprint density at radius 1 is 0.644 bits per heavy atom. The van der Waals surface area contributed by atoms with Crippen molar-refractivity contribution in [3.8, 4) is 5.69 Å². The van der Waals surface area contributed by atoms with Gasteiger partial charge in [-0.1, -0.05) is 42.5 Å². The molecule has 0 fully saturated rings. The monoisotopic (exact) mass is 587 g/mol. The summed E-state index contributed by atoms with van der Waals surface area (Å²) in [5.74, 6) is 0.0639. The molecular weight excluding hydrogens is 558 g/mol. The Labute approximate surface area is 259 Å². The molecule has 5 heteroatoms. The van der Waals surface area contributed by atoms with Crippen LogP contribution in [0.5, 0.6) is 0 Å². The number of Topliss-reactive ketones (excluding diaryl/α,β-unsaturated/α-hetero) is 1. The van der Waals surface area contributed by atoms with Crippen molar-refractivity contribution in [1.29, 1.82) is 0 Å². The highest BCUT2D eigenvalue weighted by Gasteiger charge is 2.26. The van der Waals surface area contributed by atoms with Crippen molar-refractivity contribution in [3.63, 3.8) is 0 Å². The number of carbonyl (C=O) groups is 3. The molecule has 0 unspecified atom stereocenters. The van der Waals surface area contributed by atoms with Crippen molar-refractivity contribution in [2.45, 2.75) is 33.1 Å². The fourth-order valence-corrected chi connectivity index (χ4v) is 6.92. The Morgan fingerprint density at radius 2 is 1.29 bits per heavy atom. The predicted molar refractivity (Wildman–Crippen MR) is 177 cm³/mol. The van der Waals surface area contributed by atoms with Crippen LogP contribution in [0.3, 0.4) is 0 Å². The Kier molecular flexibility index (Phi) is 6.17. The quantitative estimate of drug-likeness (QED) is 0.188. The number of rotatable bonds is 5. The Bertz CT molecular complexity index is 2390. The lowest BCUT2D eigenvalue weighted by Crippen LogP contribution is -2.13. The molecule has 1 aliphatic carbocycles. The van der Waals surface area contributed by atoms with Gasteiger partial charge in [0.2, 0.25) is 0 Å². The zero-order valence-corrected chi connectivity index (χ0v) is 25.0. The fraction of sp³-hybridized carbons (Fsp3) is 0.125. The highest BCUT2D eigenvalue weighted by molar-refractivity contribution is 6.17. The van der Waals surface area contributed by atoms with Gasteiger partial charge in [0.05, 0.1) is 5.52 Å². The first kappa shape index (κ1) is 27.0. The first-order valence-corrected chi connectivity index (χ1v) is 15.3. The van der Waals surface area contributed by atoms with E-state index in [1.54, 1.807) is 12.1 Å². The summed E-state index contributed by atoms with van der Waals surface area (Å²) in [4.78, 5) is 40.2. The van der Waals surface area contributed by atoms with E-state index < -0.39 is 0 Å². The molecule has 5 nitrogen and oxygen atoms in total. The number of ketones is 3. The predicted octanol–water partition coefficient (Wildman–Crippen LogP) is 9.13. The summed E-state index contributed by atoms with van der Waals surface area (Å²) >= 11 is 0. The van der Waals surface area contributed by atoms with Crippen LogP contribution in [-0.2, 0) is 6.42 Å². The lowest BCUT2D eigenvalue weighted by atomic mass is 9.94. The maximum absolute atomic E-state index is 13.9. The van der Waals surface area contributed by atoms with Gasteiger partial charge in [0.1, 0.15) is 11.2 Å². The van der Waals surface area contributed by atoms with E-state index in [-0.39, 0.29) is 17.3 Å². The minimum atomic E-state index is -0.0861. The standard InChI is InChI=1S/C40H29NO4/c1-23-8-3-4-9-28(23)39(43)25-14-18-36-31(21-25)32-22-26(15-19-37(32)45-36)40(44)29-17-16-27(20-24(29)2)41-33-11-6-5-10-30(33)38-34(41)12-7-13-35(38)42/h3-6,8-11,14-22H,7,12-13H2,1-2H3. The summed E-state index contributed by atoms with van der Waals surface area (Å²) in [5.41, 5.74) is 9.33. The molecule has 1 aliphatic rings. The number of hydrogen-bond donors (Lipinski definition) is 0. The third-order valence-electron chi connectivity index (χ3n) is 9.17. The topological polar surface area (TPSA) is 69.3 Å². The zero-order valence-electron chi connectivity index (χ0n) is 25.0. The van der Waals surface area contributed by atoms with E-state index in [1.807, 2.05) is 98.8 Å². The van der Waals surface area contributed by atoms with Crippen LogP contribution in [0, 0.1) is 13.8 Å². The smallest absolute Gasteiger partial charge is 0.193 e. The average Bonchev–Trinajstić information content (AvgIpc) is 3.60. The van der Waals surface area contributed by atoms with Gasteiger partial charge in [-0.15, -0.1) is 0 Å². The SMILES string of the molecule is Cc1ccccc1C(=O)c1ccc2oc3ccc(C(=O)c4ccc(-n5c6c(c7ccccc75)C(=O)CCC6)cc4C)cc3c2c1. The third kappa shape index (κ3) is 4.26. The molecular formula is C40H29NO4. The maximum Gasteiger partial charge on any atom is 0.193 e. The molecule has 218 valence electrons. The van der Waals surface area contributed by atoms with E-state index in [4.69, 9.17) is 4.42 Å². The van der Waals surface area contributed by atoms with E-state index in [9.17, 15) is 14.4 Å². The molecule has 2 heterocycles. The second-order valence-corrected chi connectivity index (χ2v) is 11.9. The van der Waals surface area contributed by atoms with Gasteiger partial charge in [-0.2, -0.15) is 0 Å². The van der Waals surface area contributed by atoms with E-state index in [2.05, 4.69) is 10.6 Å². The molecule has 2 aromatic heterocycles. The van der Waals surface area contributed by atoms with Gasteiger partial charge in [0.15, 0.2) is 17.3 Å². The summed E-state index contributed by atoms with van der Waals surface area (Å²) in [6.07, 6.45) is 2.25. The number of fused-ring (bicyclic) bond motifs is 6. The number of benzene rings is 5. The summed E-state index contributed by atoms with van der Waals surface area (Å²) in [5, 5.41) is 2.57. The van der Waals surface area contributed by atoms with Crippen molar-refractivity contribution in [1.82, 2.24) is 4.57 Å². The van der Waals surface area contributed by atoms with Gasteiger partial charge in [-0.25, -0.2) is 0 Å². The van der Waals surface area contributed by atoms with Crippen molar-refractivity contribution in [3.05, 3.63) is 148 Å². The van der Waals surface area contributed by atoms with Crippen molar-refractivity contribution in [2.75, 3.05) is 0 Å². The average molecular weight is 588 g/mol. The number of nitrogens with zero attached hydrogens (tertiary/aromatic N) is 1. The van der Waals surface area contributed by atoms with Crippen LogP contribution in [0.15, 0.2) is 108 Å². The number of aromatic nitrogens is 1. The molecule has 0 bridgehead atoms. The molecule has 0 spiro atoms. The summed E-state index contributed by atoms with van der Waals surface area (Å²) < 4.78 is 8.26. The Hall–Kier alpha value is -5.55. The molecule has 45 heavy (non-hydrogen) atoms.